The highest BCUT2D eigenvalue weighted by Crippen LogP contribution is 2.32. The van der Waals surface area contributed by atoms with Gasteiger partial charge in [-0.05, 0) is 43.9 Å². The van der Waals surface area contributed by atoms with Crippen LogP contribution in [0, 0.1) is 0 Å². The number of carbonyl (C=O) groups excluding carboxylic acids is 1. The van der Waals surface area contributed by atoms with Gasteiger partial charge in [-0.1, -0.05) is 0 Å². The number of nitrogens with one attached hydrogen (secondary N) is 1. The van der Waals surface area contributed by atoms with E-state index in [0.717, 1.165) is 25.0 Å². The second-order valence-electron chi connectivity index (χ2n) is 5.76. The summed E-state index contributed by atoms with van der Waals surface area (Å²) in [6.45, 7) is 1.25. The van der Waals surface area contributed by atoms with Crippen LogP contribution in [0.5, 0.6) is 11.5 Å². The van der Waals surface area contributed by atoms with Crippen molar-refractivity contribution in [1.29, 1.82) is 0 Å². The zero-order valence-corrected chi connectivity index (χ0v) is 13.6. The lowest BCUT2D eigenvalue weighted by Gasteiger charge is -2.08. The van der Waals surface area contributed by atoms with Gasteiger partial charge in [0.1, 0.15) is 0 Å². The first kappa shape index (κ1) is 14.5. The molecule has 2 heterocycles. The van der Waals surface area contributed by atoms with Crippen LogP contribution in [0.25, 0.3) is 0 Å². The van der Waals surface area contributed by atoms with Crippen LogP contribution in [0.1, 0.15) is 40.2 Å². The molecule has 0 radical (unpaired) electrons. The Kier molecular flexibility index (Phi) is 3.91. The summed E-state index contributed by atoms with van der Waals surface area (Å²) in [7, 11) is 0. The van der Waals surface area contributed by atoms with Crippen LogP contribution in [0.2, 0.25) is 0 Å². The molecule has 0 atom stereocenters. The Labute approximate surface area is 138 Å². The Balaban J connectivity index is 1.52. The van der Waals surface area contributed by atoms with Crippen molar-refractivity contribution in [3.05, 3.63) is 34.3 Å². The number of nitrogens with zero attached hydrogens (tertiary/aromatic N) is 1. The van der Waals surface area contributed by atoms with E-state index < -0.39 is 0 Å². The molecule has 0 fully saturated rings. The average molecular weight is 330 g/mol. The average Bonchev–Trinajstić information content (AvgIpc) is 2.82. The summed E-state index contributed by atoms with van der Waals surface area (Å²) in [4.78, 5) is 18.3. The molecular weight excluding hydrogens is 312 g/mol. The van der Waals surface area contributed by atoms with Crippen molar-refractivity contribution in [2.75, 3.05) is 18.5 Å². The first-order chi connectivity index (χ1) is 11.3. The molecule has 6 heteroatoms. The maximum atomic E-state index is 12.5. The van der Waals surface area contributed by atoms with Gasteiger partial charge in [0, 0.05) is 16.9 Å². The predicted octanol–water partition coefficient (Wildman–Crippen LogP) is 3.44. The molecule has 2 aliphatic rings. The molecule has 0 unspecified atom stereocenters. The van der Waals surface area contributed by atoms with E-state index in [2.05, 4.69) is 10.3 Å². The van der Waals surface area contributed by atoms with Crippen LogP contribution >= 0.6 is 11.3 Å². The molecule has 1 aromatic carbocycles. The minimum atomic E-state index is -0.160. The second-order valence-corrected chi connectivity index (χ2v) is 6.85. The first-order valence-corrected chi connectivity index (χ1v) is 8.81. The SMILES string of the molecule is O=C(Nc1nc2c(s1)CCCC2)c1ccc2c(c1)OCCCO2. The van der Waals surface area contributed by atoms with Gasteiger partial charge in [0.15, 0.2) is 16.6 Å². The summed E-state index contributed by atoms with van der Waals surface area (Å²) in [5.41, 5.74) is 1.71. The Bertz CT molecular complexity index is 718. The van der Waals surface area contributed by atoms with Crippen molar-refractivity contribution < 1.29 is 14.3 Å². The summed E-state index contributed by atoms with van der Waals surface area (Å²) in [5.74, 6) is 1.17. The maximum absolute atomic E-state index is 12.5. The fraction of sp³-hybridized carbons (Fsp3) is 0.412. The number of anilines is 1. The van der Waals surface area contributed by atoms with E-state index >= 15 is 0 Å². The van der Waals surface area contributed by atoms with Crippen LogP contribution in [0.4, 0.5) is 5.13 Å². The number of thiazole rings is 1. The third-order valence-corrected chi connectivity index (χ3v) is 5.15. The van der Waals surface area contributed by atoms with Gasteiger partial charge in [-0.25, -0.2) is 4.98 Å². The van der Waals surface area contributed by atoms with Crippen LogP contribution in [-0.4, -0.2) is 24.1 Å². The van der Waals surface area contributed by atoms with E-state index in [1.165, 1.54) is 17.7 Å². The standard InChI is InChI=1S/C17H18N2O3S/c20-16(19-17-18-12-4-1-2-5-15(12)23-17)11-6-7-13-14(10-11)22-9-3-8-21-13/h6-7,10H,1-5,8-9H2,(H,18,19,20). The second kappa shape index (κ2) is 6.20. The summed E-state index contributed by atoms with van der Waals surface area (Å²) in [6, 6.07) is 5.29. The zero-order valence-electron chi connectivity index (χ0n) is 12.8. The highest BCUT2D eigenvalue weighted by Gasteiger charge is 2.18. The van der Waals surface area contributed by atoms with Crippen molar-refractivity contribution in [1.82, 2.24) is 4.98 Å². The van der Waals surface area contributed by atoms with E-state index in [0.29, 0.717) is 35.4 Å². The Hall–Kier alpha value is -2.08. The molecule has 1 aliphatic carbocycles. The quantitative estimate of drug-likeness (QED) is 0.916. The maximum Gasteiger partial charge on any atom is 0.257 e. The molecule has 120 valence electrons. The van der Waals surface area contributed by atoms with Crippen molar-refractivity contribution in [3.8, 4) is 11.5 Å². The number of amides is 1. The number of benzene rings is 1. The predicted molar refractivity (Wildman–Crippen MR) is 88.8 cm³/mol. The fourth-order valence-electron chi connectivity index (χ4n) is 2.88. The van der Waals surface area contributed by atoms with Crippen molar-refractivity contribution in [3.63, 3.8) is 0 Å². The molecule has 0 bridgehead atoms. The van der Waals surface area contributed by atoms with E-state index in [1.54, 1.807) is 29.5 Å². The summed E-state index contributed by atoms with van der Waals surface area (Å²) >= 11 is 1.59. The third-order valence-electron chi connectivity index (χ3n) is 4.08. The number of hydrogen-bond donors (Lipinski definition) is 1. The van der Waals surface area contributed by atoms with Crippen molar-refractivity contribution in [2.45, 2.75) is 32.1 Å². The number of rotatable bonds is 2. The molecule has 1 aliphatic heterocycles. The number of aromatic nitrogens is 1. The van der Waals surface area contributed by atoms with Crippen LogP contribution < -0.4 is 14.8 Å². The first-order valence-electron chi connectivity index (χ1n) is 7.99. The van der Waals surface area contributed by atoms with Crippen LogP contribution in [0.3, 0.4) is 0 Å². The van der Waals surface area contributed by atoms with Crippen LogP contribution in [0.15, 0.2) is 18.2 Å². The monoisotopic (exact) mass is 330 g/mol. The minimum absolute atomic E-state index is 0.160. The lowest BCUT2D eigenvalue weighted by atomic mass is 10.0. The third kappa shape index (κ3) is 3.03. The minimum Gasteiger partial charge on any atom is -0.490 e. The van der Waals surface area contributed by atoms with Gasteiger partial charge < -0.3 is 9.47 Å². The molecule has 1 N–H and O–H groups in total. The molecule has 4 rings (SSSR count). The molecular formula is C17H18N2O3S. The number of carbonyl (C=O) groups is 1. The van der Waals surface area contributed by atoms with E-state index in [9.17, 15) is 4.79 Å². The molecule has 2 aromatic rings. The highest BCUT2D eigenvalue weighted by molar-refractivity contribution is 7.15. The molecule has 23 heavy (non-hydrogen) atoms. The number of hydrogen-bond acceptors (Lipinski definition) is 5. The highest BCUT2D eigenvalue weighted by atomic mass is 32.1. The molecule has 5 nitrogen and oxygen atoms in total. The van der Waals surface area contributed by atoms with Crippen molar-refractivity contribution >= 4 is 22.4 Å². The molecule has 0 saturated carbocycles. The normalized spacial score (nSPS) is 16.3. The van der Waals surface area contributed by atoms with Gasteiger partial charge in [0.2, 0.25) is 0 Å². The summed E-state index contributed by atoms with van der Waals surface area (Å²) < 4.78 is 11.2. The number of fused-ring (bicyclic) bond motifs is 2. The Morgan fingerprint density at radius 1 is 1.09 bits per heavy atom. The summed E-state index contributed by atoms with van der Waals surface area (Å²) in [5, 5.41) is 3.60. The molecule has 1 amide bonds. The zero-order chi connectivity index (χ0) is 15.6. The Morgan fingerprint density at radius 2 is 1.91 bits per heavy atom. The van der Waals surface area contributed by atoms with Gasteiger partial charge in [0.05, 0.1) is 18.9 Å². The summed E-state index contributed by atoms with van der Waals surface area (Å²) in [6.07, 6.45) is 5.34. The van der Waals surface area contributed by atoms with Gasteiger partial charge in [-0.3, -0.25) is 10.1 Å². The largest absolute Gasteiger partial charge is 0.490 e. The van der Waals surface area contributed by atoms with Crippen molar-refractivity contribution in [2.24, 2.45) is 0 Å². The molecule has 0 saturated heterocycles. The van der Waals surface area contributed by atoms with E-state index in [-0.39, 0.29) is 5.91 Å². The molecule has 0 spiro atoms. The lowest BCUT2D eigenvalue weighted by molar-refractivity contribution is 0.102. The lowest BCUT2D eigenvalue weighted by Crippen LogP contribution is -2.12. The van der Waals surface area contributed by atoms with Crippen LogP contribution in [-0.2, 0) is 12.8 Å². The number of ether oxygens (including phenoxy) is 2. The fourth-order valence-corrected chi connectivity index (χ4v) is 3.92. The van der Waals surface area contributed by atoms with Gasteiger partial charge in [-0.15, -0.1) is 11.3 Å². The topological polar surface area (TPSA) is 60.5 Å². The number of aryl methyl sites for hydroxylation is 2. The Morgan fingerprint density at radius 3 is 2.78 bits per heavy atom. The van der Waals surface area contributed by atoms with Gasteiger partial charge in [-0.2, -0.15) is 0 Å². The van der Waals surface area contributed by atoms with E-state index in [4.69, 9.17) is 9.47 Å². The van der Waals surface area contributed by atoms with Gasteiger partial charge in [0.25, 0.3) is 5.91 Å². The van der Waals surface area contributed by atoms with E-state index in [1.807, 2.05) is 0 Å². The smallest absolute Gasteiger partial charge is 0.257 e. The van der Waals surface area contributed by atoms with Gasteiger partial charge >= 0.3 is 0 Å². The molecule has 1 aromatic heterocycles.